The first-order valence-electron chi connectivity index (χ1n) is 6.33. The maximum atomic E-state index is 4.53. The molecular formula is C15H11N5. The van der Waals surface area contributed by atoms with Gasteiger partial charge in [0.2, 0.25) is 11.6 Å². The Labute approximate surface area is 115 Å². The van der Waals surface area contributed by atoms with Crippen molar-refractivity contribution in [1.29, 1.82) is 0 Å². The van der Waals surface area contributed by atoms with E-state index in [0.717, 1.165) is 17.2 Å². The summed E-state index contributed by atoms with van der Waals surface area (Å²) in [6, 6.07) is 20.0. The van der Waals surface area contributed by atoms with Gasteiger partial charge in [-0.05, 0) is 24.3 Å². The molecule has 5 heteroatoms. The van der Waals surface area contributed by atoms with Crippen LogP contribution in [0.1, 0.15) is 0 Å². The fourth-order valence-corrected chi connectivity index (χ4v) is 2.23. The fourth-order valence-electron chi connectivity index (χ4n) is 2.23. The van der Waals surface area contributed by atoms with Gasteiger partial charge >= 0.3 is 0 Å². The molecule has 0 spiro atoms. The molecule has 0 radical (unpaired) electrons. The van der Waals surface area contributed by atoms with Gasteiger partial charge in [0.15, 0.2) is 0 Å². The van der Waals surface area contributed by atoms with Crippen molar-refractivity contribution in [2.75, 3.05) is 0 Å². The average Bonchev–Trinajstić information content (AvgIpc) is 3.09. The molecule has 4 rings (SSSR count). The van der Waals surface area contributed by atoms with Crippen LogP contribution >= 0.6 is 0 Å². The summed E-state index contributed by atoms with van der Waals surface area (Å²) in [5, 5.41) is 4.53. The first kappa shape index (κ1) is 10.9. The smallest absolute Gasteiger partial charge is 0.213 e. The second kappa shape index (κ2) is 4.31. The molecule has 0 aliphatic carbocycles. The highest BCUT2D eigenvalue weighted by molar-refractivity contribution is 5.51. The number of para-hydroxylation sites is 2. The highest BCUT2D eigenvalue weighted by atomic mass is 15.6. The zero-order valence-corrected chi connectivity index (χ0v) is 10.6. The Morgan fingerprint density at radius 3 is 2.05 bits per heavy atom. The van der Waals surface area contributed by atoms with Crippen LogP contribution in [0.25, 0.3) is 23.0 Å². The minimum absolute atomic E-state index is 0.637. The van der Waals surface area contributed by atoms with E-state index in [1.807, 2.05) is 70.1 Å². The molecule has 0 saturated heterocycles. The molecule has 0 amide bonds. The van der Waals surface area contributed by atoms with Gasteiger partial charge < -0.3 is 0 Å². The van der Waals surface area contributed by atoms with Crippen molar-refractivity contribution in [3.8, 4) is 23.0 Å². The summed E-state index contributed by atoms with van der Waals surface area (Å²) in [5.74, 6) is 1.39. The Kier molecular flexibility index (Phi) is 2.35. The summed E-state index contributed by atoms with van der Waals surface area (Å²) in [7, 11) is 0. The van der Waals surface area contributed by atoms with Crippen LogP contribution < -0.4 is 0 Å². The van der Waals surface area contributed by atoms with Crippen LogP contribution in [-0.2, 0) is 0 Å². The number of imidazole rings is 1. The van der Waals surface area contributed by atoms with Gasteiger partial charge in [-0.3, -0.25) is 0 Å². The SMILES string of the molecule is c1ccc(-n2nc3ncnc-3n2-c2ccccc2)cc1. The molecule has 0 unspecified atom stereocenters. The molecule has 0 fully saturated rings. The molecule has 20 heavy (non-hydrogen) atoms. The molecule has 0 atom stereocenters. The Hall–Kier alpha value is -2.95. The monoisotopic (exact) mass is 261 g/mol. The molecule has 2 aromatic carbocycles. The van der Waals surface area contributed by atoms with E-state index >= 15 is 0 Å². The summed E-state index contributed by atoms with van der Waals surface area (Å²) < 4.78 is 1.96. The van der Waals surface area contributed by atoms with Gasteiger partial charge in [-0.15, -0.1) is 5.10 Å². The fraction of sp³-hybridized carbons (Fsp3) is 0. The van der Waals surface area contributed by atoms with Gasteiger partial charge in [-0.2, -0.15) is 4.80 Å². The average molecular weight is 261 g/mol. The van der Waals surface area contributed by atoms with E-state index < -0.39 is 0 Å². The van der Waals surface area contributed by atoms with Crippen LogP contribution in [0.2, 0.25) is 0 Å². The van der Waals surface area contributed by atoms with E-state index in [-0.39, 0.29) is 0 Å². The molecule has 0 saturated carbocycles. The number of benzene rings is 2. The topological polar surface area (TPSA) is 48.5 Å². The Bertz CT molecular complexity index is 801. The van der Waals surface area contributed by atoms with Gasteiger partial charge in [0, 0.05) is 0 Å². The molecule has 2 aliphatic rings. The van der Waals surface area contributed by atoms with Gasteiger partial charge in [-0.25, -0.2) is 14.6 Å². The van der Waals surface area contributed by atoms with Crippen molar-refractivity contribution in [2.45, 2.75) is 0 Å². The number of rotatable bonds is 2. The van der Waals surface area contributed by atoms with Crippen LogP contribution in [0, 0.1) is 0 Å². The Morgan fingerprint density at radius 2 is 1.35 bits per heavy atom. The lowest BCUT2D eigenvalue weighted by atomic mass is 10.3. The van der Waals surface area contributed by atoms with Crippen molar-refractivity contribution in [2.24, 2.45) is 0 Å². The van der Waals surface area contributed by atoms with E-state index in [0.29, 0.717) is 5.82 Å². The predicted octanol–water partition coefficient (Wildman–Crippen LogP) is 2.56. The van der Waals surface area contributed by atoms with Gasteiger partial charge in [0.05, 0.1) is 11.4 Å². The Morgan fingerprint density at radius 1 is 0.700 bits per heavy atom. The third kappa shape index (κ3) is 1.60. The zero-order valence-electron chi connectivity index (χ0n) is 10.6. The standard InChI is InChI=1S/C15H11N5/c1-3-7-12(8-4-1)19-15-14(16-11-17-15)18-20(19)13-9-5-2-6-10-13/h1-11H. The zero-order chi connectivity index (χ0) is 13.4. The molecule has 0 aromatic heterocycles. The van der Waals surface area contributed by atoms with E-state index in [2.05, 4.69) is 15.1 Å². The number of nitrogens with zero attached hydrogens (tertiary/aromatic N) is 5. The molecule has 2 aromatic rings. The summed E-state index contributed by atoms with van der Waals surface area (Å²) in [6.45, 7) is 0. The van der Waals surface area contributed by atoms with Crippen LogP contribution in [0.3, 0.4) is 0 Å². The highest BCUT2D eigenvalue weighted by Gasteiger charge is 2.20. The van der Waals surface area contributed by atoms with E-state index in [1.165, 1.54) is 6.33 Å². The molecular weight excluding hydrogens is 250 g/mol. The van der Waals surface area contributed by atoms with Crippen molar-refractivity contribution >= 4 is 0 Å². The molecule has 0 N–H and O–H groups in total. The van der Waals surface area contributed by atoms with Crippen LogP contribution in [-0.4, -0.2) is 24.5 Å². The van der Waals surface area contributed by atoms with Crippen molar-refractivity contribution in [3.05, 3.63) is 67.0 Å². The molecule has 0 bridgehead atoms. The van der Waals surface area contributed by atoms with E-state index in [4.69, 9.17) is 0 Å². The summed E-state index contributed by atoms with van der Waals surface area (Å²) >= 11 is 0. The predicted molar refractivity (Wildman–Crippen MR) is 75.1 cm³/mol. The van der Waals surface area contributed by atoms with Crippen LogP contribution in [0.5, 0.6) is 0 Å². The van der Waals surface area contributed by atoms with Crippen molar-refractivity contribution in [1.82, 2.24) is 24.5 Å². The van der Waals surface area contributed by atoms with Crippen molar-refractivity contribution in [3.63, 3.8) is 0 Å². The first-order valence-corrected chi connectivity index (χ1v) is 6.33. The lowest BCUT2D eigenvalue weighted by Gasteiger charge is -2.10. The van der Waals surface area contributed by atoms with Crippen LogP contribution in [0.4, 0.5) is 0 Å². The number of hydrogen-bond donors (Lipinski definition) is 0. The number of fused-ring (bicyclic) bond motifs is 1. The number of hydrogen-bond acceptors (Lipinski definition) is 3. The van der Waals surface area contributed by atoms with Crippen LogP contribution in [0.15, 0.2) is 67.0 Å². The quantitative estimate of drug-likeness (QED) is 0.557. The molecule has 2 aliphatic heterocycles. The summed E-state index contributed by atoms with van der Waals surface area (Å²) in [6.07, 6.45) is 1.53. The second-order valence-corrected chi connectivity index (χ2v) is 4.39. The van der Waals surface area contributed by atoms with Gasteiger partial charge in [0.1, 0.15) is 6.33 Å². The normalized spacial score (nSPS) is 11.0. The third-order valence-electron chi connectivity index (χ3n) is 3.13. The van der Waals surface area contributed by atoms with Gasteiger partial charge in [-0.1, -0.05) is 36.4 Å². The highest BCUT2D eigenvalue weighted by Crippen LogP contribution is 2.22. The molecule has 5 nitrogen and oxygen atoms in total. The summed E-state index contributed by atoms with van der Waals surface area (Å²) in [5.41, 5.74) is 1.97. The second-order valence-electron chi connectivity index (χ2n) is 4.39. The maximum Gasteiger partial charge on any atom is 0.221 e. The molecule has 2 heterocycles. The largest absolute Gasteiger partial charge is 0.221 e. The van der Waals surface area contributed by atoms with E-state index in [9.17, 15) is 0 Å². The maximum absolute atomic E-state index is 4.53. The van der Waals surface area contributed by atoms with E-state index in [1.54, 1.807) is 0 Å². The Balaban J connectivity index is 2.02. The third-order valence-corrected chi connectivity index (χ3v) is 3.13. The lowest BCUT2D eigenvalue weighted by molar-refractivity contribution is 0.659. The number of aromatic nitrogens is 5. The summed E-state index contributed by atoms with van der Waals surface area (Å²) in [4.78, 5) is 10.3. The van der Waals surface area contributed by atoms with Gasteiger partial charge in [0.25, 0.3) is 0 Å². The van der Waals surface area contributed by atoms with Crippen molar-refractivity contribution < 1.29 is 0 Å². The minimum atomic E-state index is 0.637. The lowest BCUT2D eigenvalue weighted by Crippen LogP contribution is -2.10. The first-order chi connectivity index (χ1) is 9.93. The minimum Gasteiger partial charge on any atom is -0.213 e. The molecule has 96 valence electrons.